The molecule has 0 spiro atoms. The highest BCUT2D eigenvalue weighted by atomic mass is 16.4. The number of carbonyl (C=O) groups excluding carboxylic acids is 4. The Balaban J connectivity index is 5.60. The van der Waals surface area contributed by atoms with Gasteiger partial charge in [-0.2, -0.15) is 0 Å². The normalized spacial score (nSPS) is 13.8. The van der Waals surface area contributed by atoms with E-state index in [2.05, 4.69) is 15.6 Å². The van der Waals surface area contributed by atoms with Crippen LogP contribution in [-0.4, -0.2) is 89.0 Å². The summed E-state index contributed by atoms with van der Waals surface area (Å²) >= 11 is 0. The fraction of sp³-hybridized carbons (Fsp3) is 0.650. The molecule has 0 heterocycles. The van der Waals surface area contributed by atoms with E-state index in [4.69, 9.17) is 38.9 Å². The van der Waals surface area contributed by atoms with Gasteiger partial charge in [0.2, 0.25) is 23.6 Å². The van der Waals surface area contributed by atoms with Gasteiger partial charge in [0.1, 0.15) is 18.1 Å². The lowest BCUT2D eigenvalue weighted by molar-refractivity contribution is -0.147. The predicted molar refractivity (Wildman–Crippen MR) is 130 cm³/mol. The zero-order chi connectivity index (χ0) is 28.5. The average Bonchev–Trinajstić information content (AvgIpc) is 2.79. The third kappa shape index (κ3) is 14.9. The zero-order valence-corrected chi connectivity index (χ0v) is 20.4. The fourth-order valence-corrected chi connectivity index (χ4v) is 3.02. The molecule has 0 aliphatic carbocycles. The Morgan fingerprint density at radius 1 is 0.730 bits per heavy atom. The quantitative estimate of drug-likeness (QED) is 0.0427. The molecule has 17 heteroatoms. The fourth-order valence-electron chi connectivity index (χ4n) is 3.02. The molecule has 37 heavy (non-hydrogen) atoms. The van der Waals surface area contributed by atoms with E-state index in [1.807, 2.05) is 5.32 Å². The van der Waals surface area contributed by atoms with Gasteiger partial charge in [0.05, 0.1) is 18.9 Å². The Morgan fingerprint density at radius 3 is 1.81 bits per heavy atom. The van der Waals surface area contributed by atoms with Gasteiger partial charge in [-0.3, -0.25) is 29.0 Å². The van der Waals surface area contributed by atoms with Crippen molar-refractivity contribution in [2.75, 3.05) is 13.1 Å². The van der Waals surface area contributed by atoms with Crippen LogP contribution in [0.2, 0.25) is 0 Å². The van der Waals surface area contributed by atoms with Crippen molar-refractivity contribution in [3.05, 3.63) is 0 Å². The van der Waals surface area contributed by atoms with Crippen molar-refractivity contribution >= 4 is 41.5 Å². The Morgan fingerprint density at radius 2 is 1.30 bits per heavy atom. The molecule has 0 aromatic heterocycles. The Kier molecular flexibility index (Phi) is 15.6. The van der Waals surface area contributed by atoms with Gasteiger partial charge in [-0.1, -0.05) is 6.42 Å². The first kappa shape index (κ1) is 33.0. The summed E-state index contributed by atoms with van der Waals surface area (Å²) in [5.41, 5.74) is 27.0. The number of hydrogen-bond acceptors (Lipinski definition) is 9. The first-order valence-corrected chi connectivity index (χ1v) is 11.4. The Labute approximate surface area is 212 Å². The molecular formula is C20H37N9O8. The minimum atomic E-state index is -1.83. The van der Waals surface area contributed by atoms with Crippen LogP contribution in [0.5, 0.6) is 0 Å². The number of nitrogens with zero attached hydrogens (tertiary/aromatic N) is 1. The molecule has 0 aromatic carbocycles. The van der Waals surface area contributed by atoms with Crippen molar-refractivity contribution in [3.63, 3.8) is 0 Å². The first-order valence-electron chi connectivity index (χ1n) is 11.4. The number of carbonyl (C=O) groups is 6. The molecule has 0 rings (SSSR count). The predicted octanol–water partition coefficient (Wildman–Crippen LogP) is -4.61. The molecule has 0 aromatic rings. The van der Waals surface area contributed by atoms with Crippen LogP contribution in [0.25, 0.3) is 0 Å². The second-order valence-electron chi connectivity index (χ2n) is 8.13. The zero-order valence-electron chi connectivity index (χ0n) is 20.4. The third-order valence-corrected chi connectivity index (χ3v) is 4.92. The summed E-state index contributed by atoms with van der Waals surface area (Å²) in [6, 6.07) is -5.67. The number of nitrogens with two attached hydrogens (primary N) is 5. The van der Waals surface area contributed by atoms with Gasteiger partial charge in [0.15, 0.2) is 5.96 Å². The molecule has 210 valence electrons. The summed E-state index contributed by atoms with van der Waals surface area (Å²) in [4.78, 5) is 75.5. The lowest BCUT2D eigenvalue weighted by atomic mass is 10.1. The topological polar surface area (TPSA) is 321 Å². The number of aliphatic carboxylic acids is 2. The second kappa shape index (κ2) is 17.4. The van der Waals surface area contributed by atoms with Crippen molar-refractivity contribution < 1.29 is 39.0 Å². The van der Waals surface area contributed by atoms with E-state index in [9.17, 15) is 28.8 Å². The summed E-state index contributed by atoms with van der Waals surface area (Å²) in [5.74, 6) is -7.06. The van der Waals surface area contributed by atoms with Crippen LogP contribution in [0.1, 0.15) is 44.9 Å². The summed E-state index contributed by atoms with van der Waals surface area (Å²) in [5, 5.41) is 24.6. The van der Waals surface area contributed by atoms with Crippen LogP contribution in [-0.2, 0) is 28.8 Å². The van der Waals surface area contributed by atoms with Crippen molar-refractivity contribution in [2.45, 2.75) is 69.1 Å². The van der Waals surface area contributed by atoms with Crippen LogP contribution in [0.3, 0.4) is 0 Å². The van der Waals surface area contributed by atoms with Gasteiger partial charge >= 0.3 is 11.9 Å². The molecule has 0 bridgehead atoms. The minimum Gasteiger partial charge on any atom is -0.481 e. The maximum absolute atomic E-state index is 13.0. The number of rotatable bonds is 19. The highest BCUT2D eigenvalue weighted by Crippen LogP contribution is 2.05. The van der Waals surface area contributed by atoms with Gasteiger partial charge in [-0.15, -0.1) is 0 Å². The van der Waals surface area contributed by atoms with Crippen molar-refractivity contribution in [1.82, 2.24) is 16.0 Å². The molecule has 15 N–H and O–H groups in total. The number of carboxylic acid groups (broad SMARTS) is 2. The number of unbranched alkanes of at least 4 members (excludes halogenated alkanes) is 1. The Bertz CT molecular complexity index is 848. The van der Waals surface area contributed by atoms with E-state index in [0.29, 0.717) is 25.8 Å². The molecule has 4 amide bonds. The molecule has 17 nitrogen and oxygen atoms in total. The van der Waals surface area contributed by atoms with Crippen LogP contribution in [0.15, 0.2) is 4.99 Å². The van der Waals surface area contributed by atoms with E-state index in [-0.39, 0.29) is 25.3 Å². The van der Waals surface area contributed by atoms with Crippen LogP contribution in [0.4, 0.5) is 0 Å². The van der Waals surface area contributed by atoms with E-state index in [1.54, 1.807) is 0 Å². The molecule has 0 saturated carbocycles. The molecule has 4 unspecified atom stereocenters. The number of amides is 4. The standard InChI is InChI=1S/C20H37N9O8/c21-6-2-1-4-10(22)16(33)27-11(5-3-7-26-20(24)25)17(34)28-12(8-14(23)30)18(35)29-13(19(36)37)9-15(31)32/h10-13H,1-9,21-22H2,(H2,23,30)(H,27,33)(H,28,34)(H,29,35)(H,31,32)(H,36,37)(H4,24,25,26). The second-order valence-corrected chi connectivity index (χ2v) is 8.13. The molecular weight excluding hydrogens is 494 g/mol. The number of aliphatic imine (C=N–C) groups is 1. The van der Waals surface area contributed by atoms with Crippen LogP contribution in [0, 0.1) is 0 Å². The van der Waals surface area contributed by atoms with Gasteiger partial charge in [0, 0.05) is 6.54 Å². The summed E-state index contributed by atoms with van der Waals surface area (Å²) in [7, 11) is 0. The van der Waals surface area contributed by atoms with Crippen molar-refractivity contribution in [1.29, 1.82) is 0 Å². The number of carboxylic acids is 2. The maximum Gasteiger partial charge on any atom is 0.326 e. The number of primary amides is 1. The number of guanidine groups is 1. The smallest absolute Gasteiger partial charge is 0.326 e. The average molecular weight is 532 g/mol. The van der Waals surface area contributed by atoms with E-state index < -0.39 is 72.6 Å². The lowest BCUT2D eigenvalue weighted by Crippen LogP contribution is -2.57. The molecule has 0 fully saturated rings. The number of hydrogen-bond donors (Lipinski definition) is 10. The van der Waals surface area contributed by atoms with E-state index >= 15 is 0 Å². The van der Waals surface area contributed by atoms with E-state index in [0.717, 1.165) is 0 Å². The third-order valence-electron chi connectivity index (χ3n) is 4.92. The summed E-state index contributed by atoms with van der Waals surface area (Å²) in [6.45, 7) is 0.536. The molecule has 0 radical (unpaired) electrons. The SMILES string of the molecule is NCCCCC(N)C(=O)NC(CCCN=C(N)N)C(=O)NC(CC(N)=O)C(=O)NC(CC(=O)O)C(=O)O. The van der Waals surface area contributed by atoms with Gasteiger partial charge < -0.3 is 54.8 Å². The molecule has 0 aliphatic heterocycles. The highest BCUT2D eigenvalue weighted by molar-refractivity contribution is 5.96. The van der Waals surface area contributed by atoms with Crippen molar-refractivity contribution in [3.8, 4) is 0 Å². The number of nitrogens with one attached hydrogen (secondary N) is 3. The van der Waals surface area contributed by atoms with E-state index in [1.165, 1.54) is 0 Å². The minimum absolute atomic E-state index is 0.00550. The van der Waals surface area contributed by atoms with Crippen molar-refractivity contribution in [2.24, 2.45) is 33.7 Å². The summed E-state index contributed by atoms with van der Waals surface area (Å²) < 4.78 is 0. The summed E-state index contributed by atoms with van der Waals surface area (Å²) in [6.07, 6.45) is 0.0733. The van der Waals surface area contributed by atoms with Gasteiger partial charge in [-0.05, 0) is 32.2 Å². The van der Waals surface area contributed by atoms with Gasteiger partial charge in [-0.25, -0.2) is 4.79 Å². The largest absolute Gasteiger partial charge is 0.481 e. The maximum atomic E-state index is 13.0. The van der Waals surface area contributed by atoms with Crippen LogP contribution < -0.4 is 44.6 Å². The Hall–Kier alpha value is -3.99. The van der Waals surface area contributed by atoms with Gasteiger partial charge in [0.25, 0.3) is 0 Å². The lowest BCUT2D eigenvalue weighted by Gasteiger charge is -2.24. The highest BCUT2D eigenvalue weighted by Gasteiger charge is 2.31. The monoisotopic (exact) mass is 531 g/mol. The molecule has 0 aliphatic rings. The first-order chi connectivity index (χ1) is 17.3. The molecule has 4 atom stereocenters. The van der Waals surface area contributed by atoms with Crippen LogP contribution >= 0.6 is 0 Å². The molecule has 0 saturated heterocycles.